The molecule has 0 aliphatic rings. The van der Waals surface area contributed by atoms with Crippen molar-refractivity contribution in [1.82, 2.24) is 5.32 Å². The van der Waals surface area contributed by atoms with Gasteiger partial charge in [-0.25, -0.2) is 0 Å². The Bertz CT molecular complexity index is 675. The fourth-order valence-electron chi connectivity index (χ4n) is 1.96. The Kier molecular flexibility index (Phi) is 5.68. The van der Waals surface area contributed by atoms with Crippen LogP contribution < -0.4 is 10.6 Å². The topological polar surface area (TPSA) is 88.4 Å². The Morgan fingerprint density at radius 3 is 2.43 bits per heavy atom. The van der Waals surface area contributed by atoms with Crippen molar-refractivity contribution in [3.63, 3.8) is 0 Å². The van der Waals surface area contributed by atoms with Crippen molar-refractivity contribution in [2.24, 2.45) is 0 Å². The Hall–Kier alpha value is -2.89. The third-order valence-corrected chi connectivity index (χ3v) is 3.19. The van der Waals surface area contributed by atoms with Crippen LogP contribution in [-0.4, -0.2) is 24.1 Å². The summed E-state index contributed by atoms with van der Waals surface area (Å²) in [4.78, 5) is 34.6. The van der Waals surface area contributed by atoms with Crippen LogP contribution >= 0.6 is 0 Å². The molecule has 0 aliphatic heterocycles. The lowest BCUT2D eigenvalue weighted by atomic mass is 10.1. The number of Topliss-reactive ketones (excluding diaryl/α,β-unsaturated/α-hetero) is 1. The molecule has 0 bridgehead atoms. The van der Waals surface area contributed by atoms with Gasteiger partial charge in [0.1, 0.15) is 0 Å². The molecule has 2 rings (SSSR count). The van der Waals surface area contributed by atoms with Crippen LogP contribution in [0.1, 0.15) is 40.7 Å². The highest BCUT2D eigenvalue weighted by molar-refractivity contribution is 5.95. The van der Waals surface area contributed by atoms with Gasteiger partial charge in [0.25, 0.3) is 5.91 Å². The predicted octanol–water partition coefficient (Wildman–Crippen LogP) is 2.63. The molecule has 1 aromatic carbocycles. The monoisotopic (exact) mass is 314 g/mol. The molecule has 1 aromatic heterocycles. The zero-order valence-corrected chi connectivity index (χ0v) is 12.8. The third kappa shape index (κ3) is 5.10. The average molecular weight is 314 g/mol. The zero-order chi connectivity index (χ0) is 16.7. The van der Waals surface area contributed by atoms with E-state index in [0.717, 1.165) is 0 Å². The van der Waals surface area contributed by atoms with Crippen molar-refractivity contribution in [3.05, 3.63) is 54.0 Å². The van der Waals surface area contributed by atoms with Crippen LogP contribution in [0.4, 0.5) is 5.69 Å². The number of furan rings is 1. The maximum absolute atomic E-state index is 11.8. The van der Waals surface area contributed by atoms with Crippen molar-refractivity contribution in [2.75, 3.05) is 11.9 Å². The third-order valence-electron chi connectivity index (χ3n) is 3.19. The van der Waals surface area contributed by atoms with Gasteiger partial charge in [0.05, 0.1) is 6.26 Å². The summed E-state index contributed by atoms with van der Waals surface area (Å²) in [5.41, 5.74) is 1.24. The van der Waals surface area contributed by atoms with Crippen molar-refractivity contribution >= 4 is 23.3 Å². The normalized spacial score (nSPS) is 10.1. The maximum atomic E-state index is 11.8. The average Bonchev–Trinajstić information content (AvgIpc) is 3.06. The highest BCUT2D eigenvalue weighted by Crippen LogP contribution is 2.10. The number of carbonyl (C=O) groups excluding carboxylic acids is 3. The molecule has 0 fully saturated rings. The molecule has 0 saturated heterocycles. The van der Waals surface area contributed by atoms with E-state index in [4.69, 9.17) is 4.42 Å². The van der Waals surface area contributed by atoms with Gasteiger partial charge in [-0.1, -0.05) is 0 Å². The standard InChI is InChI=1S/C17H18N2O4/c1-12(20)13-6-8-14(9-7-13)19-16(21)5-2-10-18-17(22)15-4-3-11-23-15/h3-4,6-9,11H,2,5,10H2,1H3,(H,18,22)(H,19,21). The summed E-state index contributed by atoms with van der Waals surface area (Å²) >= 11 is 0. The molecule has 1 heterocycles. The van der Waals surface area contributed by atoms with Gasteiger partial charge in [-0.2, -0.15) is 0 Å². The molecule has 0 unspecified atom stereocenters. The molecule has 2 N–H and O–H groups in total. The Balaban J connectivity index is 1.69. The van der Waals surface area contributed by atoms with Crippen molar-refractivity contribution in [3.8, 4) is 0 Å². The van der Waals surface area contributed by atoms with Crippen LogP contribution in [0, 0.1) is 0 Å². The van der Waals surface area contributed by atoms with E-state index in [1.807, 2.05) is 0 Å². The van der Waals surface area contributed by atoms with Gasteiger partial charge in [-0.05, 0) is 49.7 Å². The van der Waals surface area contributed by atoms with Crippen LogP contribution in [0.15, 0.2) is 47.1 Å². The summed E-state index contributed by atoms with van der Waals surface area (Å²) in [6.07, 6.45) is 2.23. The van der Waals surface area contributed by atoms with Crippen LogP contribution in [0.3, 0.4) is 0 Å². The molecule has 6 nitrogen and oxygen atoms in total. The van der Waals surface area contributed by atoms with Crippen LogP contribution in [0.25, 0.3) is 0 Å². The molecule has 2 amide bonds. The van der Waals surface area contributed by atoms with Gasteiger partial charge >= 0.3 is 0 Å². The molecule has 23 heavy (non-hydrogen) atoms. The number of amides is 2. The first-order valence-electron chi connectivity index (χ1n) is 7.29. The first-order valence-corrected chi connectivity index (χ1v) is 7.29. The van der Waals surface area contributed by atoms with E-state index in [1.54, 1.807) is 36.4 Å². The number of ketones is 1. The van der Waals surface area contributed by atoms with E-state index in [9.17, 15) is 14.4 Å². The van der Waals surface area contributed by atoms with Gasteiger partial charge in [-0.3, -0.25) is 14.4 Å². The summed E-state index contributed by atoms with van der Waals surface area (Å²) in [7, 11) is 0. The second-order valence-electron chi connectivity index (χ2n) is 5.02. The number of hydrogen-bond acceptors (Lipinski definition) is 4. The first-order chi connectivity index (χ1) is 11.1. The molecule has 2 aromatic rings. The lowest BCUT2D eigenvalue weighted by Gasteiger charge is -2.06. The van der Waals surface area contributed by atoms with Crippen LogP contribution in [0.2, 0.25) is 0 Å². The van der Waals surface area contributed by atoms with E-state index >= 15 is 0 Å². The first kappa shape index (κ1) is 16.5. The Morgan fingerprint density at radius 1 is 1.09 bits per heavy atom. The molecule has 120 valence electrons. The minimum absolute atomic E-state index is 0.0184. The number of hydrogen-bond donors (Lipinski definition) is 2. The van der Waals surface area contributed by atoms with Gasteiger partial charge in [0.2, 0.25) is 5.91 Å². The van der Waals surface area contributed by atoms with Gasteiger partial charge in [0.15, 0.2) is 11.5 Å². The number of benzene rings is 1. The SMILES string of the molecule is CC(=O)c1ccc(NC(=O)CCCNC(=O)c2ccco2)cc1. The number of nitrogens with one attached hydrogen (secondary N) is 2. The van der Waals surface area contributed by atoms with Crippen molar-refractivity contribution in [1.29, 1.82) is 0 Å². The number of carbonyl (C=O) groups is 3. The fourth-order valence-corrected chi connectivity index (χ4v) is 1.96. The molecule has 6 heteroatoms. The van der Waals surface area contributed by atoms with Gasteiger partial charge in [0, 0.05) is 24.2 Å². The van der Waals surface area contributed by atoms with E-state index in [0.29, 0.717) is 24.2 Å². The summed E-state index contributed by atoms with van der Waals surface area (Å²) in [6.45, 7) is 1.88. The van der Waals surface area contributed by atoms with E-state index in [1.165, 1.54) is 13.2 Å². The van der Waals surface area contributed by atoms with Crippen molar-refractivity contribution in [2.45, 2.75) is 19.8 Å². The van der Waals surface area contributed by atoms with Crippen molar-refractivity contribution < 1.29 is 18.8 Å². The maximum Gasteiger partial charge on any atom is 0.286 e. The fraction of sp³-hybridized carbons (Fsp3) is 0.235. The van der Waals surface area contributed by atoms with E-state index in [-0.39, 0.29) is 29.8 Å². The lowest BCUT2D eigenvalue weighted by Crippen LogP contribution is -2.25. The molecular formula is C17H18N2O4. The highest BCUT2D eigenvalue weighted by atomic mass is 16.3. The quantitative estimate of drug-likeness (QED) is 0.607. The predicted molar refractivity (Wildman–Crippen MR) is 85.4 cm³/mol. The number of anilines is 1. The molecule has 0 spiro atoms. The summed E-state index contributed by atoms with van der Waals surface area (Å²) < 4.78 is 4.96. The summed E-state index contributed by atoms with van der Waals surface area (Å²) in [5.74, 6) is -0.210. The largest absolute Gasteiger partial charge is 0.459 e. The Morgan fingerprint density at radius 2 is 1.83 bits per heavy atom. The van der Waals surface area contributed by atoms with E-state index < -0.39 is 0 Å². The molecular weight excluding hydrogens is 296 g/mol. The van der Waals surface area contributed by atoms with Gasteiger partial charge in [-0.15, -0.1) is 0 Å². The highest BCUT2D eigenvalue weighted by Gasteiger charge is 2.08. The summed E-state index contributed by atoms with van der Waals surface area (Å²) in [6, 6.07) is 9.93. The molecule has 0 saturated carbocycles. The second-order valence-corrected chi connectivity index (χ2v) is 5.02. The Labute approximate surface area is 133 Å². The van der Waals surface area contributed by atoms with E-state index in [2.05, 4.69) is 10.6 Å². The summed E-state index contributed by atoms with van der Waals surface area (Å²) in [5, 5.41) is 5.42. The lowest BCUT2D eigenvalue weighted by molar-refractivity contribution is -0.116. The minimum atomic E-state index is -0.296. The molecule has 0 atom stereocenters. The van der Waals surface area contributed by atoms with Crippen LogP contribution in [0.5, 0.6) is 0 Å². The van der Waals surface area contributed by atoms with Gasteiger partial charge < -0.3 is 15.1 Å². The smallest absolute Gasteiger partial charge is 0.286 e. The second kappa shape index (κ2) is 7.93. The van der Waals surface area contributed by atoms with Crippen LogP contribution in [-0.2, 0) is 4.79 Å². The number of rotatable bonds is 7. The molecule has 0 radical (unpaired) electrons. The molecule has 0 aliphatic carbocycles. The minimum Gasteiger partial charge on any atom is -0.459 e. The zero-order valence-electron chi connectivity index (χ0n) is 12.8.